The lowest BCUT2D eigenvalue weighted by atomic mass is 9.99. The molecule has 0 aliphatic carbocycles. The van der Waals surface area contributed by atoms with Crippen LogP contribution in [-0.4, -0.2) is 20.7 Å². The smallest absolute Gasteiger partial charge is 0.380 e. The molecule has 0 aromatic heterocycles. The van der Waals surface area contributed by atoms with Crippen molar-refractivity contribution in [3.63, 3.8) is 0 Å². The highest BCUT2D eigenvalue weighted by molar-refractivity contribution is 7.92. The Bertz CT molecular complexity index is 2030. The summed E-state index contributed by atoms with van der Waals surface area (Å²) in [6, 6.07) is 15.1. The Balaban J connectivity index is 1.38. The average Bonchev–Trinajstić information content (AvgIpc) is 3.36. The van der Waals surface area contributed by atoms with E-state index in [1.165, 1.54) is 0 Å². The van der Waals surface area contributed by atoms with Gasteiger partial charge in [0.05, 0.1) is 33.1 Å². The summed E-state index contributed by atoms with van der Waals surface area (Å²) in [6.45, 7) is -0.0447. The largest absolute Gasteiger partial charge is 0.416 e. The predicted octanol–water partition coefficient (Wildman–Crippen LogP) is 5.37. The number of sulfonamides is 1. The van der Waals surface area contributed by atoms with Crippen LogP contribution in [0.1, 0.15) is 21.5 Å². The highest BCUT2D eigenvalue weighted by Crippen LogP contribution is 2.34. The number of nitrogens with zero attached hydrogens (tertiary/aromatic N) is 1. The topological polar surface area (TPSA) is 78.5 Å². The molecule has 4 aromatic rings. The van der Waals surface area contributed by atoms with Crippen LogP contribution in [0.3, 0.4) is 0 Å². The molecule has 42 heavy (non-hydrogen) atoms. The van der Waals surface area contributed by atoms with Crippen molar-refractivity contribution in [2.45, 2.75) is 11.1 Å². The van der Waals surface area contributed by atoms with Crippen molar-refractivity contribution in [3.8, 4) is 0 Å². The minimum atomic E-state index is -4.69. The molecule has 2 N–H and O–H groups in total. The fraction of sp³-hybridized carbons (Fsp3) is 0.0690. The normalized spacial score (nSPS) is 14.0. The maximum atomic E-state index is 15.6. The molecule has 0 saturated carbocycles. The highest BCUT2D eigenvalue weighted by Gasteiger charge is 2.32. The van der Waals surface area contributed by atoms with Crippen molar-refractivity contribution in [3.05, 3.63) is 112 Å². The number of hydrogen-bond acceptors (Lipinski definition) is 6. The van der Waals surface area contributed by atoms with Crippen LogP contribution >= 0.6 is 12.8 Å². The molecule has 0 bridgehead atoms. The average molecular weight is 616 g/mol. The molecule has 4 aromatic carbocycles. The van der Waals surface area contributed by atoms with E-state index >= 15 is 4.39 Å². The quantitative estimate of drug-likeness (QED) is 0.160. The lowest BCUT2D eigenvalue weighted by molar-refractivity contribution is -0.137. The SMILES string of the molecule is O=C(C1=c2cc3c(cc2NC1)=Cc1ccccc1N3S)c1c(F)ccc(NS(=O)(=O)c2ccc(C(F)(F)F)cc2)c1F. The van der Waals surface area contributed by atoms with E-state index in [9.17, 15) is 30.8 Å². The van der Waals surface area contributed by atoms with Gasteiger partial charge < -0.3 is 5.32 Å². The van der Waals surface area contributed by atoms with Gasteiger partial charge >= 0.3 is 6.18 Å². The van der Waals surface area contributed by atoms with Gasteiger partial charge in [0.2, 0.25) is 0 Å². The Hall–Kier alpha value is -4.36. The number of carbonyl (C=O) groups excluding carboxylic acids is 1. The molecule has 0 saturated heterocycles. The number of rotatable bonds is 5. The Morgan fingerprint density at radius 3 is 2.38 bits per heavy atom. The van der Waals surface area contributed by atoms with Gasteiger partial charge in [-0.2, -0.15) is 13.2 Å². The molecule has 214 valence electrons. The first-order chi connectivity index (χ1) is 19.8. The highest BCUT2D eigenvalue weighted by atomic mass is 32.2. The third kappa shape index (κ3) is 4.68. The maximum Gasteiger partial charge on any atom is 0.416 e. The summed E-state index contributed by atoms with van der Waals surface area (Å²) in [5, 5.41) is 4.27. The first-order valence-corrected chi connectivity index (χ1v) is 14.2. The molecule has 0 atom stereocenters. The summed E-state index contributed by atoms with van der Waals surface area (Å²) in [5.41, 5.74) is 0.186. The van der Waals surface area contributed by atoms with Crippen LogP contribution in [0.25, 0.3) is 11.6 Å². The number of carbonyl (C=O) groups is 1. The van der Waals surface area contributed by atoms with Crippen molar-refractivity contribution < 1.29 is 35.2 Å². The standard InChI is InChI=1S/C29H18F5N3O3S2/c30-21-9-10-22(36-42(39,40)18-7-5-17(6-8-18)29(32,33)34)27(31)26(21)28(38)20-14-35-23-12-16-11-15-3-1-2-4-24(15)37(41)25(16)13-19(20)23/h1-13,35-36,41H,14H2. The number of hydrogen-bond donors (Lipinski definition) is 3. The van der Waals surface area contributed by atoms with Gasteiger partial charge in [-0.25, -0.2) is 17.2 Å². The molecule has 0 radical (unpaired) electrons. The van der Waals surface area contributed by atoms with Crippen LogP contribution in [0.15, 0.2) is 77.7 Å². The van der Waals surface area contributed by atoms with Crippen molar-refractivity contribution in [1.82, 2.24) is 0 Å². The second-order valence-corrected chi connectivity index (χ2v) is 11.6. The second kappa shape index (κ2) is 9.88. The lowest BCUT2D eigenvalue weighted by Crippen LogP contribution is -2.24. The van der Waals surface area contributed by atoms with Crippen LogP contribution in [0, 0.1) is 11.6 Å². The molecule has 2 aliphatic heterocycles. The number of thiol groups is 1. The van der Waals surface area contributed by atoms with Gasteiger partial charge in [0.25, 0.3) is 10.0 Å². The molecule has 2 aliphatic rings. The van der Waals surface area contributed by atoms with E-state index in [1.807, 2.05) is 35.1 Å². The van der Waals surface area contributed by atoms with Crippen LogP contribution in [0.5, 0.6) is 0 Å². The Morgan fingerprint density at radius 1 is 0.952 bits per heavy atom. The van der Waals surface area contributed by atoms with Gasteiger partial charge in [-0.15, -0.1) is 0 Å². The summed E-state index contributed by atoms with van der Waals surface area (Å²) in [5.74, 6) is -3.68. The van der Waals surface area contributed by atoms with Gasteiger partial charge in [0.1, 0.15) is 5.82 Å². The molecule has 0 unspecified atom stereocenters. The molecule has 0 spiro atoms. The minimum absolute atomic E-state index is 0.0447. The number of anilines is 4. The van der Waals surface area contributed by atoms with E-state index in [2.05, 4.69) is 18.1 Å². The molecule has 0 fully saturated rings. The van der Waals surface area contributed by atoms with Gasteiger partial charge in [-0.3, -0.25) is 13.8 Å². The van der Waals surface area contributed by atoms with Crippen molar-refractivity contribution >= 4 is 63.0 Å². The third-order valence-corrected chi connectivity index (χ3v) is 8.79. The molecular formula is C29H18F5N3O3S2. The summed E-state index contributed by atoms with van der Waals surface area (Å²) in [4.78, 5) is 12.9. The Labute approximate surface area is 241 Å². The molecular weight excluding hydrogens is 597 g/mol. The molecule has 0 amide bonds. The summed E-state index contributed by atoms with van der Waals surface area (Å²) < 4.78 is 98.2. The fourth-order valence-electron chi connectivity index (χ4n) is 4.90. The number of Topliss-reactive ketones (excluding diaryl/α,β-unsaturated/α-hetero) is 1. The predicted molar refractivity (Wildman–Crippen MR) is 152 cm³/mol. The molecule has 13 heteroatoms. The van der Waals surface area contributed by atoms with Gasteiger partial charge in [0, 0.05) is 28.2 Å². The van der Waals surface area contributed by atoms with Crippen molar-refractivity contribution in [1.29, 1.82) is 0 Å². The first kappa shape index (κ1) is 27.8. The number of halogens is 5. The monoisotopic (exact) mass is 615 g/mol. The molecule has 6 nitrogen and oxygen atoms in total. The van der Waals surface area contributed by atoms with E-state index in [0.717, 1.165) is 28.6 Å². The van der Waals surface area contributed by atoms with Crippen LogP contribution < -0.4 is 24.8 Å². The lowest BCUT2D eigenvalue weighted by Gasteiger charge is -2.24. The maximum absolute atomic E-state index is 15.6. The van der Waals surface area contributed by atoms with Crippen LogP contribution in [0.2, 0.25) is 0 Å². The van der Waals surface area contributed by atoms with E-state index in [0.29, 0.717) is 40.9 Å². The van der Waals surface area contributed by atoms with Crippen LogP contribution in [-0.2, 0) is 16.2 Å². The number of fused-ring (bicyclic) bond motifs is 3. The number of para-hydroxylation sites is 1. The first-order valence-electron chi connectivity index (χ1n) is 12.3. The van der Waals surface area contributed by atoms with Gasteiger partial charge in [-0.05, 0) is 66.2 Å². The molecule has 2 heterocycles. The van der Waals surface area contributed by atoms with Crippen molar-refractivity contribution in [2.75, 3.05) is 20.9 Å². The Kier molecular flexibility index (Phi) is 6.54. The number of alkyl halides is 3. The van der Waals surface area contributed by atoms with E-state index in [-0.39, 0.29) is 12.1 Å². The minimum Gasteiger partial charge on any atom is -0.380 e. The zero-order chi connectivity index (χ0) is 30.0. The zero-order valence-electron chi connectivity index (χ0n) is 21.1. The number of ketones is 1. The Morgan fingerprint density at radius 2 is 1.67 bits per heavy atom. The summed E-state index contributed by atoms with van der Waals surface area (Å²) in [7, 11) is -4.59. The second-order valence-electron chi connectivity index (χ2n) is 9.54. The van der Waals surface area contributed by atoms with Crippen LogP contribution in [0.4, 0.5) is 44.7 Å². The van der Waals surface area contributed by atoms with Gasteiger partial charge in [0.15, 0.2) is 11.6 Å². The van der Waals surface area contributed by atoms with Crippen molar-refractivity contribution in [2.24, 2.45) is 0 Å². The summed E-state index contributed by atoms with van der Waals surface area (Å²) in [6.07, 6.45) is -2.74. The number of nitrogens with one attached hydrogen (secondary N) is 2. The summed E-state index contributed by atoms with van der Waals surface area (Å²) >= 11 is 4.60. The number of benzene rings is 4. The fourth-order valence-corrected chi connectivity index (χ4v) is 6.31. The van der Waals surface area contributed by atoms with Gasteiger partial charge in [-0.1, -0.05) is 31.0 Å². The van der Waals surface area contributed by atoms with E-state index in [4.69, 9.17) is 0 Å². The molecule has 6 rings (SSSR count). The van der Waals surface area contributed by atoms with E-state index < -0.39 is 55.3 Å². The third-order valence-electron chi connectivity index (χ3n) is 6.98. The van der Waals surface area contributed by atoms with E-state index in [1.54, 1.807) is 16.4 Å². The zero-order valence-corrected chi connectivity index (χ0v) is 22.8.